The van der Waals surface area contributed by atoms with Gasteiger partial charge in [-0.05, 0) is 44.6 Å². The highest BCUT2D eigenvalue weighted by molar-refractivity contribution is 4.97. The van der Waals surface area contributed by atoms with Crippen molar-refractivity contribution in [2.45, 2.75) is 31.3 Å². The van der Waals surface area contributed by atoms with Gasteiger partial charge in [-0.3, -0.25) is 0 Å². The summed E-state index contributed by atoms with van der Waals surface area (Å²) >= 11 is 0. The molecule has 1 heterocycles. The van der Waals surface area contributed by atoms with Crippen LogP contribution in [-0.2, 0) is 4.74 Å². The SMILES string of the molecule is CN(CC1CCCOC1)CC(O)(CN)C1CC1. The third-order valence-corrected chi connectivity index (χ3v) is 4.06. The summed E-state index contributed by atoms with van der Waals surface area (Å²) in [7, 11) is 2.08. The number of nitrogens with zero attached hydrogens (tertiary/aromatic N) is 1. The second kappa shape index (κ2) is 5.65. The average Bonchev–Trinajstić information content (AvgIpc) is 3.14. The van der Waals surface area contributed by atoms with Crippen molar-refractivity contribution in [3.63, 3.8) is 0 Å². The Labute approximate surface area is 104 Å². The molecule has 2 rings (SSSR count). The van der Waals surface area contributed by atoms with Crippen molar-refractivity contribution >= 4 is 0 Å². The lowest BCUT2D eigenvalue weighted by atomic mass is 9.96. The lowest BCUT2D eigenvalue weighted by Gasteiger charge is -2.34. The van der Waals surface area contributed by atoms with Crippen LogP contribution in [0.15, 0.2) is 0 Å². The Kier molecular flexibility index (Phi) is 4.42. The van der Waals surface area contributed by atoms with Crippen LogP contribution in [-0.4, -0.2) is 55.5 Å². The summed E-state index contributed by atoms with van der Waals surface area (Å²) in [5, 5.41) is 10.5. The first kappa shape index (κ1) is 13.3. The van der Waals surface area contributed by atoms with Crippen LogP contribution in [0.25, 0.3) is 0 Å². The van der Waals surface area contributed by atoms with Gasteiger partial charge in [0, 0.05) is 26.2 Å². The zero-order chi connectivity index (χ0) is 12.3. The number of hydrogen-bond acceptors (Lipinski definition) is 4. The summed E-state index contributed by atoms with van der Waals surface area (Å²) in [6.45, 7) is 3.87. The summed E-state index contributed by atoms with van der Waals surface area (Å²) < 4.78 is 5.49. The quantitative estimate of drug-likeness (QED) is 0.710. The Morgan fingerprint density at radius 2 is 2.18 bits per heavy atom. The highest BCUT2D eigenvalue weighted by Crippen LogP contribution is 2.39. The van der Waals surface area contributed by atoms with Gasteiger partial charge in [0.2, 0.25) is 0 Å². The highest BCUT2D eigenvalue weighted by atomic mass is 16.5. The minimum absolute atomic E-state index is 0.378. The normalized spacial score (nSPS) is 29.3. The molecule has 2 atom stereocenters. The zero-order valence-electron chi connectivity index (χ0n) is 10.9. The molecular weight excluding hydrogens is 216 g/mol. The lowest BCUT2D eigenvalue weighted by molar-refractivity contribution is -0.0152. The van der Waals surface area contributed by atoms with Crippen LogP contribution in [0, 0.1) is 11.8 Å². The second-order valence-electron chi connectivity index (χ2n) is 5.86. The molecule has 1 saturated heterocycles. The van der Waals surface area contributed by atoms with Crippen molar-refractivity contribution in [3.05, 3.63) is 0 Å². The average molecular weight is 242 g/mol. The molecule has 4 heteroatoms. The van der Waals surface area contributed by atoms with Gasteiger partial charge in [0.05, 0.1) is 12.2 Å². The molecule has 17 heavy (non-hydrogen) atoms. The van der Waals surface area contributed by atoms with Gasteiger partial charge in [0.25, 0.3) is 0 Å². The first-order valence-electron chi connectivity index (χ1n) is 6.83. The van der Waals surface area contributed by atoms with Gasteiger partial charge in [-0.15, -0.1) is 0 Å². The second-order valence-corrected chi connectivity index (χ2v) is 5.86. The van der Waals surface area contributed by atoms with E-state index >= 15 is 0 Å². The van der Waals surface area contributed by atoms with Gasteiger partial charge < -0.3 is 20.5 Å². The van der Waals surface area contributed by atoms with Crippen LogP contribution >= 0.6 is 0 Å². The fraction of sp³-hybridized carbons (Fsp3) is 1.00. The number of hydrogen-bond donors (Lipinski definition) is 2. The van der Waals surface area contributed by atoms with Crippen LogP contribution < -0.4 is 5.73 Å². The molecule has 3 N–H and O–H groups in total. The minimum Gasteiger partial charge on any atom is -0.387 e. The predicted octanol–water partition coefficient (Wildman–Crippen LogP) is 0.445. The van der Waals surface area contributed by atoms with Crippen molar-refractivity contribution in [1.29, 1.82) is 0 Å². The first-order valence-corrected chi connectivity index (χ1v) is 6.83. The molecule has 2 unspecified atom stereocenters. The summed E-state index contributed by atoms with van der Waals surface area (Å²) in [5.41, 5.74) is 5.07. The molecule has 2 aliphatic rings. The standard InChI is InChI=1S/C13H26N2O2/c1-15(7-11-3-2-6-17-8-11)10-13(16,9-14)12-4-5-12/h11-12,16H,2-10,14H2,1H3. The summed E-state index contributed by atoms with van der Waals surface area (Å²) in [4.78, 5) is 2.23. The minimum atomic E-state index is -0.662. The van der Waals surface area contributed by atoms with E-state index in [4.69, 9.17) is 10.5 Å². The van der Waals surface area contributed by atoms with Crippen molar-refractivity contribution in [3.8, 4) is 0 Å². The van der Waals surface area contributed by atoms with Gasteiger partial charge in [-0.2, -0.15) is 0 Å². The van der Waals surface area contributed by atoms with E-state index in [1.807, 2.05) is 0 Å². The third kappa shape index (κ3) is 3.65. The monoisotopic (exact) mass is 242 g/mol. The number of nitrogens with two attached hydrogens (primary N) is 1. The molecular formula is C13H26N2O2. The topological polar surface area (TPSA) is 58.7 Å². The fourth-order valence-corrected chi connectivity index (χ4v) is 2.91. The molecule has 0 aromatic heterocycles. The predicted molar refractivity (Wildman–Crippen MR) is 67.8 cm³/mol. The molecule has 0 aromatic rings. The smallest absolute Gasteiger partial charge is 0.0923 e. The van der Waals surface area contributed by atoms with Crippen molar-refractivity contribution < 1.29 is 9.84 Å². The summed E-state index contributed by atoms with van der Waals surface area (Å²) in [5.74, 6) is 1.05. The molecule has 2 fully saturated rings. The molecule has 0 amide bonds. The Hall–Kier alpha value is -0.160. The van der Waals surface area contributed by atoms with E-state index in [2.05, 4.69) is 11.9 Å². The van der Waals surface area contributed by atoms with Crippen molar-refractivity contribution in [2.24, 2.45) is 17.6 Å². The molecule has 0 radical (unpaired) electrons. The Morgan fingerprint density at radius 3 is 2.71 bits per heavy atom. The van der Waals surface area contributed by atoms with Crippen molar-refractivity contribution in [2.75, 3.05) is 39.9 Å². The maximum Gasteiger partial charge on any atom is 0.0923 e. The van der Waals surface area contributed by atoms with Gasteiger partial charge >= 0.3 is 0 Å². The van der Waals surface area contributed by atoms with Gasteiger partial charge in [0.1, 0.15) is 0 Å². The first-order chi connectivity index (χ1) is 8.14. The Balaban J connectivity index is 1.76. The molecule has 1 aliphatic carbocycles. The Morgan fingerprint density at radius 1 is 1.41 bits per heavy atom. The van der Waals surface area contributed by atoms with Gasteiger partial charge in [-0.1, -0.05) is 0 Å². The molecule has 0 bridgehead atoms. The van der Waals surface area contributed by atoms with Crippen LogP contribution in [0.2, 0.25) is 0 Å². The maximum atomic E-state index is 10.5. The van der Waals surface area contributed by atoms with E-state index in [1.54, 1.807) is 0 Å². The number of ether oxygens (including phenoxy) is 1. The van der Waals surface area contributed by atoms with E-state index in [-0.39, 0.29) is 0 Å². The van der Waals surface area contributed by atoms with Crippen LogP contribution in [0.3, 0.4) is 0 Å². The number of likely N-dealkylation sites (N-methyl/N-ethyl adjacent to an activating group) is 1. The van der Waals surface area contributed by atoms with E-state index in [1.165, 1.54) is 12.8 Å². The van der Waals surface area contributed by atoms with E-state index < -0.39 is 5.60 Å². The fourth-order valence-electron chi connectivity index (χ4n) is 2.91. The summed E-state index contributed by atoms with van der Waals surface area (Å²) in [6, 6.07) is 0. The molecule has 100 valence electrons. The van der Waals surface area contributed by atoms with Crippen molar-refractivity contribution in [1.82, 2.24) is 4.90 Å². The molecule has 1 aliphatic heterocycles. The molecule has 0 spiro atoms. The molecule has 0 aromatic carbocycles. The third-order valence-electron chi connectivity index (χ3n) is 4.06. The largest absolute Gasteiger partial charge is 0.387 e. The molecule has 4 nitrogen and oxygen atoms in total. The number of rotatable bonds is 6. The zero-order valence-corrected chi connectivity index (χ0v) is 10.9. The van der Waals surface area contributed by atoms with Crippen LogP contribution in [0.4, 0.5) is 0 Å². The van der Waals surface area contributed by atoms with E-state index in [9.17, 15) is 5.11 Å². The van der Waals surface area contributed by atoms with Gasteiger partial charge in [0.15, 0.2) is 0 Å². The van der Waals surface area contributed by atoms with E-state index in [0.717, 1.165) is 32.6 Å². The number of aliphatic hydroxyl groups is 1. The maximum absolute atomic E-state index is 10.5. The summed E-state index contributed by atoms with van der Waals surface area (Å²) in [6.07, 6.45) is 4.68. The van der Waals surface area contributed by atoms with Crippen LogP contribution in [0.1, 0.15) is 25.7 Å². The van der Waals surface area contributed by atoms with Gasteiger partial charge in [-0.25, -0.2) is 0 Å². The van der Waals surface area contributed by atoms with E-state index in [0.29, 0.717) is 24.9 Å². The highest BCUT2D eigenvalue weighted by Gasteiger charge is 2.43. The lowest BCUT2D eigenvalue weighted by Crippen LogP contribution is -2.50. The Bertz CT molecular complexity index is 240. The van der Waals surface area contributed by atoms with Crippen LogP contribution in [0.5, 0.6) is 0 Å². The molecule has 1 saturated carbocycles.